The zero-order chi connectivity index (χ0) is 94.4. The summed E-state index contributed by atoms with van der Waals surface area (Å²) in [7, 11) is 1.31. The van der Waals surface area contributed by atoms with E-state index in [0.29, 0.717) is 81.5 Å². The van der Waals surface area contributed by atoms with Gasteiger partial charge in [-0.1, -0.05) is 85.9 Å². The number of carbonyl (C=O) groups is 5. The number of nitrogens with one attached hydrogen (secondary N) is 1. The van der Waals surface area contributed by atoms with E-state index in [1.165, 1.54) is 48.9 Å². The molecular formula is C82H106Br2Cl6LiN10O25PS. The number of hydrogen-bond acceptors (Lipinski definition) is 27. The van der Waals surface area contributed by atoms with Crippen molar-refractivity contribution in [2.75, 3.05) is 6.26 Å². The number of oxime groups is 1. The summed E-state index contributed by atoms with van der Waals surface area (Å²) in [6.07, 6.45) is 21.0. The van der Waals surface area contributed by atoms with E-state index in [4.69, 9.17) is 76.8 Å². The number of hydrogen-bond donors (Lipinski definition) is 6. The van der Waals surface area contributed by atoms with Crippen molar-refractivity contribution in [2.45, 2.75) is 203 Å². The Bertz CT molecular complexity index is 4850. The second-order valence-corrected chi connectivity index (χ2v) is 48.4. The Morgan fingerprint density at radius 2 is 0.766 bits per heavy atom. The topological polar surface area (TPSA) is 553 Å². The first-order chi connectivity index (χ1) is 58.0. The van der Waals surface area contributed by atoms with E-state index in [2.05, 4.69) is 43.0 Å². The van der Waals surface area contributed by atoms with Crippen molar-refractivity contribution >= 4 is 171 Å². The molecule has 1 amide bonds. The van der Waals surface area contributed by atoms with Crippen LogP contribution in [0, 0.1) is 124 Å². The third kappa shape index (κ3) is 52.8. The van der Waals surface area contributed by atoms with Gasteiger partial charge in [-0.05, 0) is 207 Å². The maximum absolute atomic E-state index is 11.8. The van der Waals surface area contributed by atoms with Crippen LogP contribution in [0.1, 0.15) is 206 Å². The number of rotatable bonds is 17. The molecule has 3 aliphatic carbocycles. The van der Waals surface area contributed by atoms with Crippen molar-refractivity contribution < 1.29 is 123 Å². The zero-order valence-corrected chi connectivity index (χ0v) is 79.4. The van der Waals surface area contributed by atoms with E-state index in [0.717, 1.165) is 161 Å². The molecule has 4 fully saturated rings. The molecule has 7 aromatic carbocycles. The molecule has 1 aliphatic heterocycles. The molecule has 4 aliphatic rings. The molecule has 1 saturated heterocycles. The third-order valence-corrected chi connectivity index (χ3v) is 19.1. The minimum absolute atomic E-state index is 0. The Morgan fingerprint density at radius 3 is 1.09 bits per heavy atom. The molecule has 128 heavy (non-hydrogen) atoms. The van der Waals surface area contributed by atoms with E-state index in [1.54, 1.807) is 90.1 Å². The Hall–Kier alpha value is -8.68. The summed E-state index contributed by atoms with van der Waals surface area (Å²) in [5.41, 5.74) is 10.6. The van der Waals surface area contributed by atoms with Gasteiger partial charge in [0.1, 0.15) is 24.1 Å². The Balaban J connectivity index is -0.000000678. The number of nitro benzene ring substituents is 7. The van der Waals surface area contributed by atoms with Gasteiger partial charge in [0.25, 0.3) is 34.1 Å². The van der Waals surface area contributed by atoms with Crippen LogP contribution in [0.3, 0.4) is 0 Å². The molecule has 0 aromatic heterocycles. The summed E-state index contributed by atoms with van der Waals surface area (Å²) in [5, 5.41) is 114. The van der Waals surface area contributed by atoms with E-state index in [-0.39, 0.29) is 140 Å². The predicted octanol–water partition coefficient (Wildman–Crippen LogP) is 16.8. The van der Waals surface area contributed by atoms with Gasteiger partial charge in [-0.15, -0.1) is 0 Å². The van der Waals surface area contributed by atoms with Crippen molar-refractivity contribution in [3.8, 4) is 5.75 Å². The summed E-state index contributed by atoms with van der Waals surface area (Å²) in [6.45, 7) is 10.1. The predicted molar refractivity (Wildman–Crippen MR) is 495 cm³/mol. The quantitative estimate of drug-likeness (QED) is 0.00720. The Labute approximate surface area is 801 Å². The largest absolute Gasteiger partial charge is 1.00 e. The van der Waals surface area contributed by atoms with E-state index < -0.39 is 38.6 Å². The number of nitrogens with zero attached hydrogens (tertiary/aromatic N) is 8. The number of phenols is 1. The average Bonchev–Trinajstić information content (AvgIpc) is 0.888. The molecule has 3 unspecified atom stereocenters. The maximum atomic E-state index is 11.8. The minimum Gasteiger partial charge on any atom is -1.00 e. The number of nitrogens with two attached hydrogens (primary N) is 1. The summed E-state index contributed by atoms with van der Waals surface area (Å²) < 4.78 is 15.1. The number of aliphatic hydroxyl groups is 1. The van der Waals surface area contributed by atoms with Gasteiger partial charge in [-0.3, -0.25) is 94.8 Å². The second kappa shape index (κ2) is 64.2. The summed E-state index contributed by atoms with van der Waals surface area (Å²) in [6, 6.07) is 33.0. The van der Waals surface area contributed by atoms with Crippen molar-refractivity contribution in [2.24, 2.45) is 22.9 Å². The monoisotopic (exact) mass is 2070 g/mol. The first-order valence-electron chi connectivity index (χ1n) is 37.8. The number of amides is 1. The standard InChI is InChI=1S/2C14H18N2O3.C14H17NO3.C8H8BrNO2.C8H9NO3.C8H7NO3.C7H5NO4.C6H10O.CH3ClO2S.2CH4.BrH.Cl5P.Li.H3NO/c1-10-8-11(6-7-13(10)16(18)19)9-12-4-2-3-5-14(17)15-12;1-10-8-11(6-7-14(10)16(18)19)9-12-4-2-3-5-13(12)15-17;1-10-8-11(6-7-13(10)15(17)18)9-12-4-2-3-5-14(12)16;1-6-4-7(5-9)2-3-8(6)10(11)12;2*1-6-4-7(5-10)2-3-8(6)9(11)12;9-4-5-1-2-6(8(11)12)7(10)3-5;7-6-4-2-1-3-5-6;1-5(2,3)4;;;;1-6(2,3,4)5;;1-2/h6-8,12H,2-5,9H2,1H3,(H,15,17);6-8,12,17H,2-5,9H2,1H3;6-8,12H,2-5,9H2,1H3;2-4H,5H2,1H3;2-4,10H,5H2,1H3;2-5H,1H3;1-4,10H;1-5H2;1H3;2*1H4;1H;;;2H,1H2/q;;;;;;;;;;;;;+1;/p-1/b;15-13-;;;;;;;;;;;;;. The van der Waals surface area contributed by atoms with E-state index in [9.17, 15) is 103 Å². The summed E-state index contributed by atoms with van der Waals surface area (Å²) in [4.78, 5) is 125. The number of aldehydes is 2. The van der Waals surface area contributed by atoms with E-state index in [1.807, 2.05) is 24.3 Å². The fraction of sp³-hybridized carbons (Fsp3) is 0.415. The fourth-order valence-corrected chi connectivity index (χ4v) is 12.9. The van der Waals surface area contributed by atoms with Gasteiger partial charge in [0.15, 0.2) is 5.75 Å². The van der Waals surface area contributed by atoms with Crippen molar-refractivity contribution in [1.29, 1.82) is 0 Å². The molecule has 1 heterocycles. The van der Waals surface area contributed by atoms with Crippen molar-refractivity contribution in [3.05, 3.63) is 271 Å². The number of phenolic OH excluding ortho intramolecular Hbond substituents is 1. The molecule has 7 N–H and O–H groups in total. The normalized spacial score (nSPS) is 15.1. The van der Waals surface area contributed by atoms with Crippen molar-refractivity contribution in [1.82, 2.24) is 5.32 Å². The second-order valence-electron chi connectivity index (χ2n) is 28.2. The van der Waals surface area contributed by atoms with Gasteiger partial charge in [-0.25, -0.2) is 14.3 Å². The van der Waals surface area contributed by atoms with Gasteiger partial charge in [0.05, 0.1) is 53.0 Å². The first kappa shape index (κ1) is 126. The number of aromatic hydroxyl groups is 1. The molecule has 35 nitrogen and oxygen atoms in total. The molecule has 3 saturated carbocycles. The van der Waals surface area contributed by atoms with Gasteiger partial charge < -0.3 is 42.9 Å². The van der Waals surface area contributed by atoms with Crippen LogP contribution in [0.4, 0.5) is 39.8 Å². The number of aliphatic hydroxyl groups excluding tert-OH is 1. The molecule has 0 spiro atoms. The molecule has 0 radical (unpaired) electrons. The first-order valence-corrected chi connectivity index (χ1v) is 48.4. The number of carbonyl (C=O) groups excluding carboxylic acids is 5. The van der Waals surface area contributed by atoms with Crippen LogP contribution in [0.25, 0.3) is 0 Å². The molecule has 0 bridgehead atoms. The number of ketones is 2. The number of Topliss-reactive ketones (excluding diaryl/α,β-unsaturated/α-hetero) is 2. The molecule has 7 aromatic rings. The van der Waals surface area contributed by atoms with Gasteiger partial charge in [0, 0.05) is 147 Å². The summed E-state index contributed by atoms with van der Waals surface area (Å²) >= 11 is 28.2. The zero-order valence-electron chi connectivity index (χ0n) is 70.0. The Kier molecular flexibility index (Phi) is 63.0. The Morgan fingerprint density at radius 1 is 0.469 bits per heavy atom. The molecule has 702 valence electrons. The molecule has 11 rings (SSSR count). The minimum atomic E-state index is -3.69. The fourth-order valence-electron chi connectivity index (χ4n) is 12.6. The number of halogens is 8. The molecule has 46 heteroatoms. The SMILES string of the molecule is C.C.CS(=O)(=O)Cl.Cc1cc(C=O)ccc1[N+](=O)[O-].Cc1cc(CBr)ccc1[N+](=O)[O-].Cc1cc(CC2CCCC/C2=N/O)ccc1[N+](=O)[O-].Cc1cc(CC2CCCCC(=O)N2)ccc1[N+](=O)[O-].Cc1cc(CC2CCCCC2=O)ccc1[N+](=O)[O-].Cc1cc(CO)ccc1[N+](=O)[O-].ClP(Cl)(Cl)(Cl)Cl.NO.O=C1CCCCC1.O=Cc1ccc([N+](=O)[O-])c(O)c1.[Br-].[Li+]. The van der Waals surface area contributed by atoms with Crippen LogP contribution < -0.4 is 47.1 Å². The van der Waals surface area contributed by atoms with Gasteiger partial charge in [-0.2, -0.15) is 0 Å². The smallest absolute Gasteiger partial charge is 1.00 e. The maximum Gasteiger partial charge on any atom is 1.00 e. The molecular weight excluding hydrogens is 1970 g/mol. The number of benzene rings is 7. The van der Waals surface area contributed by atoms with Crippen LogP contribution in [0.2, 0.25) is 0 Å². The van der Waals surface area contributed by atoms with Crippen LogP contribution in [0.5, 0.6) is 5.75 Å². The average molecular weight is 2070 g/mol. The van der Waals surface area contributed by atoms with Crippen LogP contribution in [-0.4, -0.2) is 112 Å². The summed E-state index contributed by atoms with van der Waals surface area (Å²) in [5.74, 6) is 4.30. The van der Waals surface area contributed by atoms with Crippen LogP contribution in [-0.2, 0) is 54.6 Å². The number of nitro groups is 7. The number of aryl methyl sites for hydroxylation is 6. The van der Waals surface area contributed by atoms with Gasteiger partial charge >= 0.3 is 84.1 Å². The molecule has 3 atom stereocenters. The third-order valence-electron chi connectivity index (χ3n) is 18.5. The van der Waals surface area contributed by atoms with Crippen LogP contribution in [0.15, 0.2) is 133 Å². The van der Waals surface area contributed by atoms with Crippen molar-refractivity contribution in [3.63, 3.8) is 0 Å². The van der Waals surface area contributed by atoms with Crippen LogP contribution >= 0.6 is 86.2 Å². The van der Waals surface area contributed by atoms with Gasteiger partial charge in [0.2, 0.25) is 15.0 Å². The van der Waals surface area contributed by atoms with E-state index >= 15 is 0 Å². The number of alkyl halides is 1.